The second-order valence-electron chi connectivity index (χ2n) is 6.10. The number of hydrogen-bond acceptors (Lipinski definition) is 5. The van der Waals surface area contributed by atoms with Crippen LogP contribution in [0.2, 0.25) is 0 Å². The summed E-state index contributed by atoms with van der Waals surface area (Å²) in [4.78, 5) is 28.5. The third-order valence-corrected chi connectivity index (χ3v) is 4.95. The molecule has 4 aromatic rings. The Bertz CT molecular complexity index is 1090. The molecule has 8 heteroatoms. The molecule has 136 valence electrons. The molecular formula is C19H18N6OS. The highest BCUT2D eigenvalue weighted by atomic mass is 32.1. The van der Waals surface area contributed by atoms with Crippen molar-refractivity contribution in [3.63, 3.8) is 0 Å². The van der Waals surface area contributed by atoms with Crippen LogP contribution in [0.4, 0.5) is 0 Å². The minimum atomic E-state index is -0.162. The van der Waals surface area contributed by atoms with Crippen LogP contribution in [0.15, 0.2) is 48.4 Å². The van der Waals surface area contributed by atoms with Crippen molar-refractivity contribution in [3.8, 4) is 17.1 Å². The Labute approximate surface area is 160 Å². The SMILES string of the molecule is Cc1nc(-c2c[nH]c(C(=O)NCc3ccnc(-n4ccnc4C)c3)c2)cs1. The van der Waals surface area contributed by atoms with E-state index in [0.717, 1.165) is 33.5 Å². The van der Waals surface area contributed by atoms with Gasteiger partial charge in [0.25, 0.3) is 5.91 Å². The molecule has 27 heavy (non-hydrogen) atoms. The number of carbonyl (C=O) groups excluding carboxylic acids is 1. The zero-order chi connectivity index (χ0) is 18.8. The molecule has 0 aliphatic rings. The Morgan fingerprint density at radius 3 is 2.89 bits per heavy atom. The summed E-state index contributed by atoms with van der Waals surface area (Å²) in [6.07, 6.45) is 7.13. The number of hydrogen-bond donors (Lipinski definition) is 2. The average molecular weight is 378 g/mol. The smallest absolute Gasteiger partial charge is 0.267 e. The summed E-state index contributed by atoms with van der Waals surface area (Å²) in [5.74, 6) is 1.48. The molecule has 0 fully saturated rings. The second kappa shape index (κ2) is 7.16. The van der Waals surface area contributed by atoms with Gasteiger partial charge in [-0.2, -0.15) is 0 Å². The van der Waals surface area contributed by atoms with Gasteiger partial charge >= 0.3 is 0 Å². The van der Waals surface area contributed by atoms with E-state index in [0.29, 0.717) is 12.2 Å². The van der Waals surface area contributed by atoms with E-state index in [9.17, 15) is 4.79 Å². The highest BCUT2D eigenvalue weighted by molar-refractivity contribution is 7.09. The normalized spacial score (nSPS) is 10.9. The maximum absolute atomic E-state index is 12.4. The Hall–Kier alpha value is -3.26. The minimum Gasteiger partial charge on any atom is -0.357 e. The number of imidazole rings is 1. The predicted molar refractivity (Wildman–Crippen MR) is 104 cm³/mol. The summed E-state index contributed by atoms with van der Waals surface area (Å²) in [7, 11) is 0. The third kappa shape index (κ3) is 3.65. The third-order valence-electron chi connectivity index (χ3n) is 4.18. The van der Waals surface area contributed by atoms with Crippen molar-refractivity contribution in [2.75, 3.05) is 0 Å². The number of aromatic nitrogens is 5. The first-order chi connectivity index (χ1) is 13.1. The van der Waals surface area contributed by atoms with Gasteiger partial charge in [-0.25, -0.2) is 15.0 Å². The van der Waals surface area contributed by atoms with Crippen molar-refractivity contribution in [2.24, 2.45) is 0 Å². The number of aromatic amines is 1. The molecular weight excluding hydrogens is 360 g/mol. The van der Waals surface area contributed by atoms with Crippen molar-refractivity contribution in [1.82, 2.24) is 29.8 Å². The summed E-state index contributed by atoms with van der Waals surface area (Å²) in [5, 5.41) is 5.91. The first-order valence-electron chi connectivity index (χ1n) is 8.44. The number of nitrogens with zero attached hydrogens (tertiary/aromatic N) is 4. The van der Waals surface area contributed by atoms with Gasteiger partial charge in [-0.1, -0.05) is 0 Å². The van der Waals surface area contributed by atoms with Gasteiger partial charge in [-0.05, 0) is 37.6 Å². The molecule has 0 radical (unpaired) electrons. The zero-order valence-electron chi connectivity index (χ0n) is 14.9. The Morgan fingerprint density at radius 2 is 2.15 bits per heavy atom. The molecule has 0 saturated heterocycles. The number of thiazole rings is 1. The van der Waals surface area contributed by atoms with Crippen LogP contribution in [-0.2, 0) is 6.54 Å². The highest BCUT2D eigenvalue weighted by Crippen LogP contribution is 2.22. The van der Waals surface area contributed by atoms with E-state index in [4.69, 9.17) is 0 Å². The number of amides is 1. The number of nitrogens with one attached hydrogen (secondary N) is 2. The van der Waals surface area contributed by atoms with E-state index in [1.807, 2.05) is 48.2 Å². The number of carbonyl (C=O) groups is 1. The molecule has 4 aromatic heterocycles. The first-order valence-corrected chi connectivity index (χ1v) is 9.32. The van der Waals surface area contributed by atoms with Gasteiger partial charge < -0.3 is 10.3 Å². The van der Waals surface area contributed by atoms with Gasteiger partial charge in [0.1, 0.15) is 17.3 Å². The summed E-state index contributed by atoms with van der Waals surface area (Å²) >= 11 is 1.59. The molecule has 0 unspecified atom stereocenters. The van der Waals surface area contributed by atoms with Crippen LogP contribution in [0.1, 0.15) is 26.9 Å². The van der Waals surface area contributed by atoms with Crippen molar-refractivity contribution in [3.05, 3.63) is 70.5 Å². The van der Waals surface area contributed by atoms with E-state index in [2.05, 4.69) is 25.3 Å². The van der Waals surface area contributed by atoms with Crippen LogP contribution < -0.4 is 5.32 Å². The van der Waals surface area contributed by atoms with E-state index in [1.165, 1.54) is 0 Å². The lowest BCUT2D eigenvalue weighted by Crippen LogP contribution is -2.23. The summed E-state index contributed by atoms with van der Waals surface area (Å²) < 4.78 is 1.90. The number of aryl methyl sites for hydroxylation is 2. The van der Waals surface area contributed by atoms with E-state index >= 15 is 0 Å². The molecule has 0 saturated carbocycles. The maximum atomic E-state index is 12.4. The maximum Gasteiger partial charge on any atom is 0.267 e. The standard InChI is InChI=1S/C19H18N6OS/c1-12-20-5-6-25(12)18-7-14(3-4-21-18)9-23-19(26)16-8-15(10-22-16)17-11-27-13(2)24-17/h3-8,10-11,22H,9H2,1-2H3,(H,23,26). The number of H-pyrrole nitrogens is 1. The van der Waals surface area contributed by atoms with Crippen LogP contribution in [-0.4, -0.2) is 30.4 Å². The van der Waals surface area contributed by atoms with Crippen LogP contribution in [0.5, 0.6) is 0 Å². The molecule has 7 nitrogen and oxygen atoms in total. The summed E-state index contributed by atoms with van der Waals surface area (Å²) in [5.41, 5.74) is 3.26. The first kappa shape index (κ1) is 17.2. The zero-order valence-corrected chi connectivity index (χ0v) is 15.7. The number of rotatable bonds is 5. The molecule has 4 heterocycles. The predicted octanol–water partition coefficient (Wildman–Crippen LogP) is 3.27. The van der Waals surface area contributed by atoms with Crippen molar-refractivity contribution >= 4 is 17.2 Å². The van der Waals surface area contributed by atoms with Crippen LogP contribution in [0.25, 0.3) is 17.1 Å². The average Bonchev–Trinajstić information content (AvgIpc) is 3.40. The lowest BCUT2D eigenvalue weighted by atomic mass is 10.2. The van der Waals surface area contributed by atoms with Gasteiger partial charge in [0, 0.05) is 42.3 Å². The minimum absolute atomic E-state index is 0.162. The lowest BCUT2D eigenvalue weighted by molar-refractivity contribution is 0.0946. The fourth-order valence-corrected chi connectivity index (χ4v) is 3.39. The van der Waals surface area contributed by atoms with E-state index in [-0.39, 0.29) is 5.91 Å². The molecule has 0 aromatic carbocycles. The molecule has 0 atom stereocenters. The van der Waals surface area contributed by atoms with Crippen LogP contribution in [0.3, 0.4) is 0 Å². The van der Waals surface area contributed by atoms with Gasteiger partial charge in [0.05, 0.1) is 10.7 Å². The fraction of sp³-hybridized carbons (Fsp3) is 0.158. The monoisotopic (exact) mass is 378 g/mol. The molecule has 4 rings (SSSR count). The Kier molecular flexibility index (Phi) is 4.55. The van der Waals surface area contributed by atoms with Gasteiger partial charge in [-0.3, -0.25) is 9.36 Å². The van der Waals surface area contributed by atoms with Crippen molar-refractivity contribution < 1.29 is 4.79 Å². The Balaban J connectivity index is 1.44. The molecule has 0 aliphatic carbocycles. The Morgan fingerprint density at radius 1 is 1.26 bits per heavy atom. The van der Waals surface area contributed by atoms with Crippen molar-refractivity contribution in [1.29, 1.82) is 0 Å². The molecule has 0 spiro atoms. The summed E-state index contributed by atoms with van der Waals surface area (Å²) in [6.45, 7) is 4.29. The van der Waals surface area contributed by atoms with Crippen LogP contribution >= 0.6 is 11.3 Å². The molecule has 0 aliphatic heterocycles. The van der Waals surface area contributed by atoms with Gasteiger partial charge in [-0.15, -0.1) is 11.3 Å². The quantitative estimate of drug-likeness (QED) is 0.558. The van der Waals surface area contributed by atoms with Gasteiger partial charge in [0.15, 0.2) is 0 Å². The van der Waals surface area contributed by atoms with E-state index in [1.54, 1.807) is 29.9 Å². The lowest BCUT2D eigenvalue weighted by Gasteiger charge is -2.07. The van der Waals surface area contributed by atoms with E-state index < -0.39 is 0 Å². The molecule has 1 amide bonds. The largest absolute Gasteiger partial charge is 0.357 e. The number of pyridine rings is 1. The second-order valence-corrected chi connectivity index (χ2v) is 7.17. The van der Waals surface area contributed by atoms with Gasteiger partial charge in [0.2, 0.25) is 0 Å². The molecule has 0 bridgehead atoms. The van der Waals surface area contributed by atoms with Crippen molar-refractivity contribution in [2.45, 2.75) is 20.4 Å². The fourth-order valence-electron chi connectivity index (χ4n) is 2.77. The highest BCUT2D eigenvalue weighted by Gasteiger charge is 2.11. The topological polar surface area (TPSA) is 88.5 Å². The molecule has 2 N–H and O–H groups in total. The summed E-state index contributed by atoms with van der Waals surface area (Å²) in [6, 6.07) is 5.64. The van der Waals surface area contributed by atoms with Crippen LogP contribution in [0, 0.1) is 13.8 Å².